The summed E-state index contributed by atoms with van der Waals surface area (Å²) < 4.78 is 16.5. The Morgan fingerprint density at radius 2 is 2.06 bits per heavy atom. The summed E-state index contributed by atoms with van der Waals surface area (Å²) in [6.07, 6.45) is 0. The zero-order chi connectivity index (χ0) is 11.0. The highest BCUT2D eigenvalue weighted by Crippen LogP contribution is 2.42. The van der Waals surface area contributed by atoms with Crippen LogP contribution in [0.5, 0.6) is 17.2 Å². The highest BCUT2D eigenvalue weighted by molar-refractivity contribution is 5.55. The van der Waals surface area contributed by atoms with Gasteiger partial charge in [0.2, 0.25) is 5.75 Å². The quantitative estimate of drug-likeness (QED) is 0.813. The fourth-order valence-electron chi connectivity index (χ4n) is 2.05. The predicted molar refractivity (Wildman–Crippen MR) is 59.6 cm³/mol. The van der Waals surface area contributed by atoms with E-state index in [9.17, 15) is 0 Å². The molecule has 2 aliphatic rings. The number of benzene rings is 1. The molecule has 3 rings (SSSR count). The lowest BCUT2D eigenvalue weighted by atomic mass is 9.93. The summed E-state index contributed by atoms with van der Waals surface area (Å²) in [5.41, 5.74) is 1.26. The summed E-state index contributed by atoms with van der Waals surface area (Å²) in [6.45, 7) is 3.27. The van der Waals surface area contributed by atoms with Gasteiger partial charge in [0.05, 0.1) is 7.11 Å². The first-order valence-electron chi connectivity index (χ1n) is 5.56. The van der Waals surface area contributed by atoms with Crippen molar-refractivity contribution in [3.05, 3.63) is 17.7 Å². The van der Waals surface area contributed by atoms with Crippen molar-refractivity contribution in [1.29, 1.82) is 0 Å². The second-order valence-corrected chi connectivity index (χ2v) is 4.10. The number of rotatable bonds is 2. The second-order valence-electron chi connectivity index (χ2n) is 4.10. The minimum atomic E-state index is 0.574. The third kappa shape index (κ3) is 1.50. The Morgan fingerprint density at radius 1 is 1.25 bits per heavy atom. The largest absolute Gasteiger partial charge is 0.493 e. The monoisotopic (exact) mass is 221 g/mol. The molecule has 0 saturated carbocycles. The van der Waals surface area contributed by atoms with Crippen molar-refractivity contribution in [3.63, 3.8) is 0 Å². The number of nitrogens with one attached hydrogen (secondary N) is 1. The molecule has 1 aromatic carbocycles. The second kappa shape index (κ2) is 3.87. The van der Waals surface area contributed by atoms with E-state index in [1.165, 1.54) is 5.56 Å². The van der Waals surface area contributed by atoms with E-state index in [1.807, 2.05) is 0 Å². The highest BCUT2D eigenvalue weighted by atomic mass is 16.6. The number of hydrogen-bond acceptors (Lipinski definition) is 4. The molecule has 1 saturated heterocycles. The lowest BCUT2D eigenvalue weighted by molar-refractivity contribution is 0.164. The topological polar surface area (TPSA) is 39.7 Å². The molecular formula is C12H15NO3. The average molecular weight is 221 g/mol. The summed E-state index contributed by atoms with van der Waals surface area (Å²) >= 11 is 0. The van der Waals surface area contributed by atoms with E-state index < -0.39 is 0 Å². The first-order chi connectivity index (χ1) is 7.88. The van der Waals surface area contributed by atoms with E-state index in [-0.39, 0.29) is 0 Å². The van der Waals surface area contributed by atoms with Crippen molar-refractivity contribution >= 4 is 0 Å². The van der Waals surface area contributed by atoms with Crippen LogP contribution in [0.3, 0.4) is 0 Å². The summed E-state index contributed by atoms with van der Waals surface area (Å²) in [7, 11) is 1.66. The number of ether oxygens (including phenoxy) is 3. The van der Waals surface area contributed by atoms with Crippen LogP contribution in [0.1, 0.15) is 11.5 Å². The lowest BCUT2D eigenvalue weighted by Gasteiger charge is -2.29. The van der Waals surface area contributed by atoms with Gasteiger partial charge in [0.15, 0.2) is 11.5 Å². The van der Waals surface area contributed by atoms with Gasteiger partial charge in [0.1, 0.15) is 13.2 Å². The fraction of sp³-hybridized carbons (Fsp3) is 0.500. The van der Waals surface area contributed by atoms with Gasteiger partial charge in [-0.3, -0.25) is 0 Å². The van der Waals surface area contributed by atoms with Gasteiger partial charge < -0.3 is 19.5 Å². The third-order valence-corrected chi connectivity index (χ3v) is 3.10. The van der Waals surface area contributed by atoms with Gasteiger partial charge >= 0.3 is 0 Å². The van der Waals surface area contributed by atoms with Gasteiger partial charge in [0, 0.05) is 19.0 Å². The maximum atomic E-state index is 5.60. The van der Waals surface area contributed by atoms with Gasteiger partial charge in [0.25, 0.3) is 0 Å². The molecule has 2 heterocycles. The van der Waals surface area contributed by atoms with E-state index in [0.717, 1.165) is 30.3 Å². The fourth-order valence-corrected chi connectivity index (χ4v) is 2.05. The predicted octanol–water partition coefficient (Wildman–Crippen LogP) is 1.15. The Kier molecular flexibility index (Phi) is 2.36. The van der Waals surface area contributed by atoms with Gasteiger partial charge in [-0.1, -0.05) is 0 Å². The minimum absolute atomic E-state index is 0.574. The zero-order valence-electron chi connectivity index (χ0n) is 9.29. The van der Waals surface area contributed by atoms with Crippen LogP contribution >= 0.6 is 0 Å². The van der Waals surface area contributed by atoms with Crippen molar-refractivity contribution in [2.45, 2.75) is 5.92 Å². The Morgan fingerprint density at radius 3 is 2.75 bits per heavy atom. The van der Waals surface area contributed by atoms with Crippen molar-refractivity contribution in [2.24, 2.45) is 0 Å². The first kappa shape index (κ1) is 9.78. The molecule has 1 aromatic rings. The van der Waals surface area contributed by atoms with Crippen LogP contribution in [0, 0.1) is 0 Å². The van der Waals surface area contributed by atoms with E-state index in [2.05, 4.69) is 17.4 Å². The lowest BCUT2D eigenvalue weighted by Crippen LogP contribution is -2.39. The zero-order valence-corrected chi connectivity index (χ0v) is 9.29. The standard InChI is InChI=1S/C12H15NO3/c1-14-10-4-8(9-6-13-7-9)5-11-12(10)16-3-2-15-11/h4-5,9,13H,2-3,6-7H2,1H3. The Hall–Kier alpha value is -1.42. The number of hydrogen-bond donors (Lipinski definition) is 1. The molecule has 0 amide bonds. The van der Waals surface area contributed by atoms with Crippen molar-refractivity contribution in [1.82, 2.24) is 5.32 Å². The first-order valence-corrected chi connectivity index (χ1v) is 5.56. The van der Waals surface area contributed by atoms with Gasteiger partial charge in [-0.2, -0.15) is 0 Å². The Balaban J connectivity index is 2.01. The van der Waals surface area contributed by atoms with Gasteiger partial charge in [-0.15, -0.1) is 0 Å². The van der Waals surface area contributed by atoms with Crippen LogP contribution in [0.15, 0.2) is 12.1 Å². The molecule has 0 radical (unpaired) electrons. The van der Waals surface area contributed by atoms with Crippen LogP contribution in [0.2, 0.25) is 0 Å². The molecule has 0 atom stereocenters. The molecule has 0 aromatic heterocycles. The van der Waals surface area contributed by atoms with Crippen LogP contribution < -0.4 is 19.5 Å². The van der Waals surface area contributed by atoms with E-state index in [4.69, 9.17) is 14.2 Å². The van der Waals surface area contributed by atoms with Gasteiger partial charge in [-0.05, 0) is 17.7 Å². The number of methoxy groups -OCH3 is 1. The highest BCUT2D eigenvalue weighted by Gasteiger charge is 2.24. The maximum absolute atomic E-state index is 5.60. The molecule has 1 N–H and O–H groups in total. The van der Waals surface area contributed by atoms with Crippen molar-refractivity contribution < 1.29 is 14.2 Å². The molecule has 1 fully saturated rings. The average Bonchev–Trinajstić information content (AvgIpc) is 2.25. The van der Waals surface area contributed by atoms with Crippen LogP contribution in [0.25, 0.3) is 0 Å². The molecule has 0 bridgehead atoms. The molecule has 86 valence electrons. The Labute approximate surface area is 94.5 Å². The van der Waals surface area contributed by atoms with Gasteiger partial charge in [-0.25, -0.2) is 0 Å². The molecule has 2 aliphatic heterocycles. The summed E-state index contributed by atoms with van der Waals surface area (Å²) in [5, 5.41) is 3.26. The van der Waals surface area contributed by atoms with Crippen molar-refractivity contribution in [3.8, 4) is 17.2 Å². The SMILES string of the molecule is COc1cc(C2CNC2)cc2c1OCCO2. The summed E-state index contributed by atoms with van der Waals surface area (Å²) in [5.74, 6) is 2.90. The maximum Gasteiger partial charge on any atom is 0.203 e. The molecule has 0 unspecified atom stereocenters. The smallest absolute Gasteiger partial charge is 0.203 e. The van der Waals surface area contributed by atoms with Crippen LogP contribution in [0.4, 0.5) is 0 Å². The normalized spacial score (nSPS) is 19.1. The molecule has 4 heteroatoms. The molecule has 16 heavy (non-hydrogen) atoms. The van der Waals surface area contributed by atoms with E-state index in [1.54, 1.807) is 7.11 Å². The van der Waals surface area contributed by atoms with Crippen molar-refractivity contribution in [2.75, 3.05) is 33.4 Å². The van der Waals surface area contributed by atoms with Crippen LogP contribution in [-0.2, 0) is 0 Å². The third-order valence-electron chi connectivity index (χ3n) is 3.10. The van der Waals surface area contributed by atoms with E-state index in [0.29, 0.717) is 19.1 Å². The molecule has 0 spiro atoms. The molecule has 0 aliphatic carbocycles. The summed E-state index contributed by atoms with van der Waals surface area (Å²) in [6, 6.07) is 4.13. The Bertz CT molecular complexity index is 384. The number of fused-ring (bicyclic) bond motifs is 1. The van der Waals surface area contributed by atoms with Crippen LogP contribution in [-0.4, -0.2) is 33.4 Å². The molecule has 4 nitrogen and oxygen atoms in total. The molecular weight excluding hydrogens is 206 g/mol. The van der Waals surface area contributed by atoms with E-state index >= 15 is 0 Å². The minimum Gasteiger partial charge on any atom is -0.493 e. The summed E-state index contributed by atoms with van der Waals surface area (Å²) in [4.78, 5) is 0.